The maximum Gasteiger partial charge on any atom is 0.341 e. The summed E-state index contributed by atoms with van der Waals surface area (Å²) >= 11 is 0. The molecule has 0 N–H and O–H groups in total. The van der Waals surface area contributed by atoms with Crippen molar-refractivity contribution in [2.24, 2.45) is 12.1 Å². The molecular formula is C21H18F3N7O2. The van der Waals surface area contributed by atoms with E-state index in [0.717, 1.165) is 12.3 Å². The summed E-state index contributed by atoms with van der Waals surface area (Å²) < 4.78 is 48.6. The summed E-state index contributed by atoms with van der Waals surface area (Å²) in [5.74, 6) is -2.18. The molecule has 4 heterocycles. The largest absolute Gasteiger partial charge is 0.468 e. The second-order valence-corrected chi connectivity index (χ2v) is 7.75. The van der Waals surface area contributed by atoms with Crippen molar-refractivity contribution in [3.63, 3.8) is 0 Å². The molecule has 0 saturated carbocycles. The number of carbonyl (C=O) groups excluding carboxylic acids is 1. The molecular weight excluding hydrogens is 439 g/mol. The van der Waals surface area contributed by atoms with Crippen LogP contribution in [0.1, 0.15) is 18.0 Å². The zero-order valence-corrected chi connectivity index (χ0v) is 17.4. The maximum absolute atomic E-state index is 14.2. The molecule has 0 unspecified atom stereocenters. The molecule has 0 aliphatic carbocycles. The maximum atomic E-state index is 14.2. The molecule has 170 valence electrons. The lowest BCUT2D eigenvalue weighted by molar-refractivity contribution is 0.0230. The fourth-order valence-electron chi connectivity index (χ4n) is 3.71. The molecule has 1 atom stereocenters. The van der Waals surface area contributed by atoms with Gasteiger partial charge in [0, 0.05) is 31.9 Å². The molecule has 0 radical (unpaired) electrons. The van der Waals surface area contributed by atoms with Crippen molar-refractivity contribution in [1.29, 1.82) is 0 Å². The molecule has 2 amide bonds. The number of urea groups is 1. The number of benzene rings is 1. The normalized spacial score (nSPS) is 18.0. The molecule has 2 aliphatic heterocycles. The number of aromatic nitrogens is 4. The summed E-state index contributed by atoms with van der Waals surface area (Å²) in [5, 5.41) is 9.44. The van der Waals surface area contributed by atoms with Crippen molar-refractivity contribution in [3.8, 4) is 17.4 Å². The monoisotopic (exact) mass is 457 g/mol. The van der Waals surface area contributed by atoms with Gasteiger partial charge in [-0.15, -0.1) is 0 Å². The second kappa shape index (κ2) is 8.19. The number of carbonyl (C=O) groups is 1. The number of hydrogen-bond acceptors (Lipinski definition) is 6. The van der Waals surface area contributed by atoms with Crippen LogP contribution in [0.3, 0.4) is 0 Å². The minimum absolute atomic E-state index is 0.178. The molecule has 2 aromatic heterocycles. The van der Waals surface area contributed by atoms with E-state index in [1.54, 1.807) is 24.0 Å². The highest BCUT2D eigenvalue weighted by Gasteiger charge is 2.39. The summed E-state index contributed by atoms with van der Waals surface area (Å²) in [6.45, 7) is 0.356. The highest BCUT2D eigenvalue weighted by molar-refractivity contribution is 5.79. The average Bonchev–Trinajstić information content (AvgIpc) is 3.40. The molecule has 12 heteroatoms. The van der Waals surface area contributed by atoms with E-state index < -0.39 is 35.6 Å². The van der Waals surface area contributed by atoms with Crippen LogP contribution in [0, 0.1) is 17.5 Å². The third-order valence-corrected chi connectivity index (χ3v) is 5.35. The number of hydrazone groups is 1. The zero-order chi connectivity index (χ0) is 23.1. The summed E-state index contributed by atoms with van der Waals surface area (Å²) in [5.41, 5.74) is 0.788. The van der Waals surface area contributed by atoms with Crippen molar-refractivity contribution < 1.29 is 22.7 Å². The number of likely N-dealkylation sites (tertiary alicyclic amines) is 1. The van der Waals surface area contributed by atoms with E-state index in [0.29, 0.717) is 17.7 Å². The summed E-state index contributed by atoms with van der Waals surface area (Å²) in [4.78, 5) is 22.4. The molecule has 9 nitrogen and oxygen atoms in total. The van der Waals surface area contributed by atoms with Gasteiger partial charge in [0.25, 0.3) is 5.88 Å². The molecule has 3 aromatic rings. The van der Waals surface area contributed by atoms with Gasteiger partial charge in [-0.3, -0.25) is 4.68 Å². The van der Waals surface area contributed by atoms with Crippen LogP contribution >= 0.6 is 0 Å². The first-order chi connectivity index (χ1) is 15.9. The number of nitrogens with zero attached hydrogens (tertiary/aromatic N) is 7. The van der Waals surface area contributed by atoms with E-state index in [9.17, 15) is 18.0 Å². The van der Waals surface area contributed by atoms with Gasteiger partial charge >= 0.3 is 6.03 Å². The first-order valence-electron chi connectivity index (χ1n) is 10.1. The van der Waals surface area contributed by atoms with Gasteiger partial charge in [-0.25, -0.2) is 23.6 Å². The summed E-state index contributed by atoms with van der Waals surface area (Å²) in [6.07, 6.45) is 4.10. The number of ether oxygens (including phenoxy) is 1. The van der Waals surface area contributed by atoms with Crippen molar-refractivity contribution in [2.75, 3.05) is 13.1 Å². The Morgan fingerprint density at radius 3 is 2.61 bits per heavy atom. The fourth-order valence-corrected chi connectivity index (χ4v) is 3.71. The van der Waals surface area contributed by atoms with Crippen molar-refractivity contribution in [2.45, 2.75) is 18.6 Å². The van der Waals surface area contributed by atoms with Crippen molar-refractivity contribution in [1.82, 2.24) is 29.7 Å². The molecule has 5 rings (SSSR count). The Labute approximate surface area is 186 Å². The van der Waals surface area contributed by atoms with Crippen LogP contribution in [0.15, 0.2) is 41.8 Å². The highest BCUT2D eigenvalue weighted by Crippen LogP contribution is 2.31. The van der Waals surface area contributed by atoms with E-state index in [4.69, 9.17) is 4.74 Å². The first-order valence-corrected chi connectivity index (χ1v) is 10.1. The lowest BCUT2D eigenvalue weighted by Gasteiger charge is -2.40. The second-order valence-electron chi connectivity index (χ2n) is 7.75. The SMILES string of the molecule is Cn1ccc(-c2ncc(F)c(OC3CN(C(=O)N4N=CC[C@H]4c4cc(F)cc(F)c4)C3)n2)n1. The molecule has 1 fully saturated rings. The predicted molar refractivity (Wildman–Crippen MR) is 110 cm³/mol. The van der Waals surface area contributed by atoms with Crippen molar-refractivity contribution in [3.05, 3.63) is 59.7 Å². The average molecular weight is 457 g/mol. The van der Waals surface area contributed by atoms with Gasteiger partial charge in [0.15, 0.2) is 5.82 Å². The van der Waals surface area contributed by atoms with E-state index in [1.807, 2.05) is 0 Å². The standard InChI is InChI=1S/C21H18F3N7O2/c1-29-5-3-17(28-29)19-25-9-16(24)20(27-19)33-15-10-30(11-15)21(32)31-18(2-4-26-31)12-6-13(22)8-14(23)7-12/h3-9,15,18H,2,10-11H2,1H3/t18-/m0/s1. The van der Waals surface area contributed by atoms with Gasteiger partial charge in [0.05, 0.1) is 25.3 Å². The fraction of sp³-hybridized carbons (Fsp3) is 0.286. The number of hydrogen-bond donors (Lipinski definition) is 0. The van der Waals surface area contributed by atoms with Gasteiger partial charge < -0.3 is 9.64 Å². The molecule has 2 aliphatic rings. The first kappa shape index (κ1) is 20.9. The Balaban J connectivity index is 1.23. The predicted octanol–water partition coefficient (Wildman–Crippen LogP) is 2.91. The van der Waals surface area contributed by atoms with Crippen LogP contribution < -0.4 is 4.74 Å². The highest BCUT2D eigenvalue weighted by atomic mass is 19.1. The summed E-state index contributed by atoms with van der Waals surface area (Å²) in [6, 6.07) is 3.79. The van der Waals surface area contributed by atoms with Crippen LogP contribution in [0.5, 0.6) is 5.88 Å². The zero-order valence-electron chi connectivity index (χ0n) is 17.4. The van der Waals surface area contributed by atoms with E-state index in [2.05, 4.69) is 20.2 Å². The Kier molecular flexibility index (Phi) is 5.19. The van der Waals surface area contributed by atoms with Crippen molar-refractivity contribution >= 4 is 12.2 Å². The quantitative estimate of drug-likeness (QED) is 0.601. The molecule has 33 heavy (non-hydrogen) atoms. The van der Waals surface area contributed by atoms with Gasteiger partial charge in [0.1, 0.15) is 23.4 Å². The minimum Gasteiger partial charge on any atom is -0.468 e. The lowest BCUT2D eigenvalue weighted by Crippen LogP contribution is -2.59. The smallest absolute Gasteiger partial charge is 0.341 e. The van der Waals surface area contributed by atoms with Gasteiger partial charge in [0.2, 0.25) is 5.82 Å². The molecule has 0 spiro atoms. The van der Waals surface area contributed by atoms with E-state index in [1.165, 1.54) is 28.3 Å². The van der Waals surface area contributed by atoms with Crippen LogP contribution in [0.25, 0.3) is 11.5 Å². The minimum atomic E-state index is -0.725. The topological polar surface area (TPSA) is 88.7 Å². The third kappa shape index (κ3) is 4.11. The Hall–Kier alpha value is -3.96. The van der Waals surface area contributed by atoms with Crippen LogP contribution in [0.2, 0.25) is 0 Å². The molecule has 1 saturated heterocycles. The summed E-state index contributed by atoms with van der Waals surface area (Å²) in [7, 11) is 1.74. The Morgan fingerprint density at radius 1 is 1.15 bits per heavy atom. The molecule has 0 bridgehead atoms. The number of rotatable bonds is 4. The third-order valence-electron chi connectivity index (χ3n) is 5.35. The van der Waals surface area contributed by atoms with Crippen LogP contribution in [-0.4, -0.2) is 61.1 Å². The van der Waals surface area contributed by atoms with E-state index >= 15 is 0 Å². The van der Waals surface area contributed by atoms with Gasteiger partial charge in [-0.05, 0) is 23.8 Å². The lowest BCUT2D eigenvalue weighted by atomic mass is 10.0. The number of halogens is 3. The van der Waals surface area contributed by atoms with Crippen LogP contribution in [0.4, 0.5) is 18.0 Å². The Bertz CT molecular complexity index is 1220. The molecule has 1 aromatic carbocycles. The van der Waals surface area contributed by atoms with Crippen LogP contribution in [-0.2, 0) is 7.05 Å². The number of amides is 2. The van der Waals surface area contributed by atoms with Gasteiger partial charge in [-0.2, -0.15) is 19.6 Å². The number of aryl methyl sites for hydroxylation is 1. The Morgan fingerprint density at radius 2 is 1.91 bits per heavy atom. The van der Waals surface area contributed by atoms with Gasteiger partial charge in [-0.1, -0.05) is 0 Å². The van der Waals surface area contributed by atoms with E-state index in [-0.39, 0.29) is 24.8 Å².